The average molecular weight is 787 g/mol. The monoisotopic (exact) mass is 786 g/mol. The van der Waals surface area contributed by atoms with Crippen LogP contribution in [0.25, 0.3) is 90.9 Å². The first-order valence-corrected chi connectivity index (χ1v) is 18.8. The summed E-state index contributed by atoms with van der Waals surface area (Å²) >= 11 is 0. The third kappa shape index (κ3) is 6.69. The van der Waals surface area contributed by atoms with Crippen LogP contribution in [0.4, 0.5) is 0 Å². The van der Waals surface area contributed by atoms with Crippen LogP contribution in [0.15, 0.2) is 121 Å². The summed E-state index contributed by atoms with van der Waals surface area (Å²) in [5, 5.41) is 0. The number of benzene rings is 4. The molecule has 4 aromatic carbocycles. The molecule has 3 aromatic heterocycles. The maximum absolute atomic E-state index is 12.1. The van der Waals surface area contributed by atoms with Crippen molar-refractivity contribution < 1.29 is 19.2 Å². The van der Waals surface area contributed by atoms with E-state index in [1.165, 1.54) is 0 Å². The lowest BCUT2D eigenvalue weighted by Crippen LogP contribution is -2.10. The first kappa shape index (κ1) is 37.0. The summed E-state index contributed by atoms with van der Waals surface area (Å²) in [4.78, 5) is 66.0. The third-order valence-electron chi connectivity index (χ3n) is 10.6. The second-order valence-electron chi connectivity index (χ2n) is 14.3. The first-order chi connectivity index (χ1) is 29.0. The Labute approximate surface area is 341 Å². The third-order valence-corrected chi connectivity index (χ3v) is 10.6. The highest BCUT2D eigenvalue weighted by Gasteiger charge is 2.20. The highest BCUT2D eigenvalue weighted by molar-refractivity contribution is 6.02. The van der Waals surface area contributed by atoms with Crippen LogP contribution in [0.3, 0.4) is 0 Å². The Hall–Kier alpha value is -8.64. The number of aromatic amines is 2. The second-order valence-corrected chi connectivity index (χ2v) is 14.3. The number of nitrogens with one attached hydrogen (secondary N) is 2. The van der Waals surface area contributed by atoms with Gasteiger partial charge in [0.2, 0.25) is 23.6 Å². The smallest absolute Gasteiger partial charge is 0.248 e. The summed E-state index contributed by atoms with van der Waals surface area (Å²) in [6.45, 7) is 0. The number of aromatic nitrogens is 4. The van der Waals surface area contributed by atoms with E-state index in [0.717, 1.165) is 66.6 Å². The molecule has 10 N–H and O–H groups in total. The zero-order valence-corrected chi connectivity index (χ0v) is 31.7. The number of fused-ring (bicyclic) bond motifs is 8. The molecule has 5 heterocycles. The molecule has 7 aromatic rings. The Morgan fingerprint density at radius 2 is 0.517 bits per heavy atom. The highest BCUT2D eigenvalue weighted by atomic mass is 16.2. The number of amides is 4. The van der Waals surface area contributed by atoms with Crippen molar-refractivity contribution in [2.75, 3.05) is 0 Å². The highest BCUT2D eigenvalue weighted by Crippen LogP contribution is 2.38. The lowest BCUT2D eigenvalue weighted by Gasteiger charge is -2.08. The van der Waals surface area contributed by atoms with Gasteiger partial charge in [0.1, 0.15) is 0 Å². The molecular formula is C48H34N8O4. The van der Waals surface area contributed by atoms with Crippen LogP contribution in [-0.2, 0) is 0 Å². The van der Waals surface area contributed by atoms with E-state index in [2.05, 4.69) is 9.97 Å². The predicted molar refractivity (Wildman–Crippen MR) is 235 cm³/mol. The molecule has 0 aliphatic carbocycles. The Morgan fingerprint density at radius 3 is 0.700 bits per heavy atom. The van der Waals surface area contributed by atoms with E-state index in [4.69, 9.17) is 32.9 Å². The molecule has 0 saturated heterocycles. The van der Waals surface area contributed by atoms with Gasteiger partial charge in [-0.2, -0.15) is 0 Å². The lowest BCUT2D eigenvalue weighted by atomic mass is 10.0. The summed E-state index contributed by atoms with van der Waals surface area (Å²) in [7, 11) is 0. The number of carbonyl (C=O) groups is 4. The summed E-state index contributed by atoms with van der Waals surface area (Å²) < 4.78 is 0. The second kappa shape index (κ2) is 14.7. The fourth-order valence-corrected chi connectivity index (χ4v) is 7.62. The van der Waals surface area contributed by atoms with E-state index in [9.17, 15) is 19.2 Å². The SMILES string of the molecule is NC(=O)c1ccc(-c2c3nc(c(-c4ccc(C(N)=O)cc4)c4ccc([nH]4)c(-c4ccc(C(N)=O)cc4)c4nc(c(-c5ccc(C(N)=O)cc5)c5ccc2[nH]5)C=C4)C=C3)cc1. The number of rotatable bonds is 8. The van der Waals surface area contributed by atoms with Crippen LogP contribution < -0.4 is 22.9 Å². The Balaban J connectivity index is 1.43. The van der Waals surface area contributed by atoms with Crippen molar-refractivity contribution >= 4 is 70.0 Å². The standard InChI is InChI=1S/C48H34N8O4/c49-45(57)29-9-1-25(2-10-29)41-33-17-19-35(53-33)42(26-3-11-30(12-4-26)46(50)58)37-21-23-39(55-37)44(28-7-15-32(16-8-28)48(52)60)40-24-22-38(56-40)43(36-20-18-34(41)54-36)27-5-13-31(14-6-27)47(51)59/h1-24,53,56H,(H2,49,57)(H2,50,58)(H2,51,59)(H2,52,60). The number of hydrogen-bond donors (Lipinski definition) is 6. The van der Waals surface area contributed by atoms with Gasteiger partial charge in [-0.05, 0) is 119 Å². The lowest BCUT2D eigenvalue weighted by molar-refractivity contribution is 0.0992. The summed E-state index contributed by atoms with van der Waals surface area (Å²) in [5.41, 5.74) is 35.5. The molecule has 0 saturated carbocycles. The van der Waals surface area contributed by atoms with E-state index in [1.807, 2.05) is 97.1 Å². The van der Waals surface area contributed by atoms with Gasteiger partial charge in [-0.15, -0.1) is 0 Å². The molecule has 9 rings (SSSR count). The maximum Gasteiger partial charge on any atom is 0.248 e. The molecule has 4 amide bonds. The quantitative estimate of drug-likeness (QED) is 0.0902. The van der Waals surface area contributed by atoms with Gasteiger partial charge in [0.25, 0.3) is 0 Å². The number of hydrogen-bond acceptors (Lipinski definition) is 6. The fourth-order valence-electron chi connectivity index (χ4n) is 7.62. The number of carbonyl (C=O) groups excluding carboxylic acids is 4. The molecule has 0 fully saturated rings. The molecule has 60 heavy (non-hydrogen) atoms. The Bertz CT molecular complexity index is 2750. The molecule has 8 bridgehead atoms. The van der Waals surface area contributed by atoms with E-state index in [1.54, 1.807) is 48.5 Å². The van der Waals surface area contributed by atoms with Crippen molar-refractivity contribution in [3.63, 3.8) is 0 Å². The molecule has 0 atom stereocenters. The summed E-state index contributed by atoms with van der Waals surface area (Å²) in [5.74, 6) is -2.17. The minimum Gasteiger partial charge on any atom is -0.366 e. The molecule has 2 aliphatic rings. The average Bonchev–Trinajstić information content (AvgIpc) is 4.10. The number of H-pyrrole nitrogens is 2. The fraction of sp³-hybridized carbons (Fsp3) is 0. The van der Waals surface area contributed by atoms with Gasteiger partial charge in [-0.25, -0.2) is 9.97 Å². The number of nitrogens with two attached hydrogens (primary N) is 4. The van der Waals surface area contributed by atoms with Gasteiger partial charge >= 0.3 is 0 Å². The largest absolute Gasteiger partial charge is 0.366 e. The Morgan fingerprint density at radius 1 is 0.317 bits per heavy atom. The topological polar surface area (TPSA) is 230 Å². The van der Waals surface area contributed by atoms with Gasteiger partial charge < -0.3 is 32.9 Å². The molecule has 0 radical (unpaired) electrons. The van der Waals surface area contributed by atoms with Crippen LogP contribution in [-0.4, -0.2) is 43.6 Å². The maximum atomic E-state index is 12.1. The molecule has 290 valence electrons. The number of nitrogens with zero attached hydrogens (tertiary/aromatic N) is 2. The molecular weight excluding hydrogens is 753 g/mol. The Kier molecular flexibility index (Phi) is 9.06. The molecule has 0 unspecified atom stereocenters. The number of primary amides is 4. The van der Waals surface area contributed by atoms with Crippen molar-refractivity contribution in [1.82, 2.24) is 19.9 Å². The molecule has 12 nitrogen and oxygen atoms in total. The van der Waals surface area contributed by atoms with Crippen molar-refractivity contribution in [2.45, 2.75) is 0 Å². The van der Waals surface area contributed by atoms with Crippen molar-refractivity contribution in [2.24, 2.45) is 22.9 Å². The van der Waals surface area contributed by atoms with Gasteiger partial charge in [-0.1, -0.05) is 48.5 Å². The zero-order chi connectivity index (χ0) is 41.7. The van der Waals surface area contributed by atoms with Crippen LogP contribution in [0.1, 0.15) is 64.2 Å². The van der Waals surface area contributed by atoms with E-state index < -0.39 is 23.6 Å². The minimum atomic E-state index is -0.543. The van der Waals surface area contributed by atoms with Crippen LogP contribution in [0.2, 0.25) is 0 Å². The first-order valence-electron chi connectivity index (χ1n) is 18.8. The zero-order valence-electron chi connectivity index (χ0n) is 31.7. The van der Waals surface area contributed by atoms with Gasteiger partial charge in [0.05, 0.1) is 22.8 Å². The van der Waals surface area contributed by atoms with Crippen LogP contribution in [0.5, 0.6) is 0 Å². The van der Waals surface area contributed by atoms with Crippen LogP contribution in [0, 0.1) is 0 Å². The van der Waals surface area contributed by atoms with Gasteiger partial charge in [-0.3, -0.25) is 19.2 Å². The summed E-state index contributed by atoms with van der Waals surface area (Å²) in [6.07, 6.45) is 7.73. The van der Waals surface area contributed by atoms with Gasteiger partial charge in [0, 0.05) is 66.6 Å². The van der Waals surface area contributed by atoms with E-state index >= 15 is 0 Å². The molecule has 12 heteroatoms. The van der Waals surface area contributed by atoms with E-state index in [-0.39, 0.29) is 0 Å². The van der Waals surface area contributed by atoms with Crippen molar-refractivity contribution in [1.29, 1.82) is 0 Å². The molecule has 2 aliphatic heterocycles. The minimum absolute atomic E-state index is 0.363. The van der Waals surface area contributed by atoms with Gasteiger partial charge in [0.15, 0.2) is 0 Å². The normalized spacial score (nSPS) is 11.7. The van der Waals surface area contributed by atoms with Crippen LogP contribution >= 0.6 is 0 Å². The van der Waals surface area contributed by atoms with Crippen molar-refractivity contribution in [3.8, 4) is 44.5 Å². The predicted octanol–water partition coefficient (Wildman–Crippen LogP) is 7.72. The molecule has 0 spiro atoms. The summed E-state index contributed by atoms with van der Waals surface area (Å²) in [6, 6.07) is 35.9. The van der Waals surface area contributed by atoms with E-state index in [0.29, 0.717) is 45.0 Å². The van der Waals surface area contributed by atoms with Crippen molar-refractivity contribution in [3.05, 3.63) is 166 Å².